The monoisotopic (exact) mass is 284 g/mol. The third kappa shape index (κ3) is 3.78. The summed E-state index contributed by atoms with van der Waals surface area (Å²) < 4.78 is 45.2. The van der Waals surface area contributed by atoms with Crippen LogP contribution in [0.3, 0.4) is 0 Å². The lowest BCUT2D eigenvalue weighted by Crippen LogP contribution is -2.16. The molecular formula is C13H11F3N2O2. The molecule has 1 heterocycles. The number of aryl methyl sites for hydroxylation is 1. The quantitative estimate of drug-likeness (QED) is 0.934. The molecule has 1 aromatic heterocycles. The van der Waals surface area contributed by atoms with E-state index in [1.807, 2.05) is 0 Å². The predicted octanol–water partition coefficient (Wildman–Crippen LogP) is 3.66. The Balaban J connectivity index is 2.11. The van der Waals surface area contributed by atoms with E-state index >= 15 is 0 Å². The molecule has 0 atom stereocenters. The van der Waals surface area contributed by atoms with Gasteiger partial charge in [-0.2, -0.15) is 0 Å². The van der Waals surface area contributed by atoms with E-state index in [4.69, 9.17) is 10.5 Å². The van der Waals surface area contributed by atoms with E-state index in [2.05, 4.69) is 9.72 Å². The van der Waals surface area contributed by atoms with E-state index in [0.717, 1.165) is 17.7 Å². The maximum Gasteiger partial charge on any atom is 0.573 e. The summed E-state index contributed by atoms with van der Waals surface area (Å²) in [6, 6.07) is 6.73. The van der Waals surface area contributed by atoms with Crippen LogP contribution in [0.4, 0.5) is 18.9 Å². The minimum atomic E-state index is -4.71. The molecule has 0 amide bonds. The molecule has 0 spiro atoms. The smallest absolute Gasteiger partial charge is 0.439 e. The first-order chi connectivity index (χ1) is 9.33. The van der Waals surface area contributed by atoms with E-state index in [0.29, 0.717) is 17.3 Å². The van der Waals surface area contributed by atoms with Gasteiger partial charge in [-0.05, 0) is 37.3 Å². The Bertz CT molecular complexity index is 598. The average Bonchev–Trinajstić information content (AvgIpc) is 2.33. The second-order valence-corrected chi connectivity index (χ2v) is 4.01. The SMILES string of the molecule is Cc1cc(N)cnc1Oc1ccc(OC(F)(F)F)cc1. The Morgan fingerprint density at radius 3 is 2.25 bits per heavy atom. The summed E-state index contributed by atoms with van der Waals surface area (Å²) in [5.74, 6) is 0.371. The maximum atomic E-state index is 12.0. The molecule has 0 aliphatic heterocycles. The highest BCUT2D eigenvalue weighted by Crippen LogP contribution is 2.28. The molecule has 106 valence electrons. The zero-order valence-electron chi connectivity index (χ0n) is 10.4. The molecule has 0 radical (unpaired) electrons. The summed E-state index contributed by atoms with van der Waals surface area (Å²) in [7, 11) is 0. The molecule has 1 aromatic carbocycles. The van der Waals surface area contributed by atoms with Crippen LogP contribution in [0.5, 0.6) is 17.4 Å². The third-order valence-corrected chi connectivity index (χ3v) is 2.32. The van der Waals surface area contributed by atoms with Crippen LogP contribution in [0.15, 0.2) is 36.5 Å². The van der Waals surface area contributed by atoms with Crippen molar-refractivity contribution in [3.05, 3.63) is 42.1 Å². The molecule has 20 heavy (non-hydrogen) atoms. The molecule has 0 aliphatic rings. The zero-order chi connectivity index (χ0) is 14.8. The number of nitrogens with two attached hydrogens (primary N) is 1. The molecule has 2 aromatic rings. The topological polar surface area (TPSA) is 57.4 Å². The van der Waals surface area contributed by atoms with Crippen LogP contribution in [-0.2, 0) is 0 Å². The van der Waals surface area contributed by atoms with Gasteiger partial charge >= 0.3 is 6.36 Å². The van der Waals surface area contributed by atoms with Gasteiger partial charge < -0.3 is 15.2 Å². The molecule has 2 rings (SSSR count). The van der Waals surface area contributed by atoms with Crippen LogP contribution in [0.1, 0.15) is 5.56 Å². The van der Waals surface area contributed by atoms with Crippen molar-refractivity contribution in [1.82, 2.24) is 4.98 Å². The standard InChI is InChI=1S/C13H11F3N2O2/c1-8-6-9(17)7-18-12(8)19-10-2-4-11(5-3-10)20-13(14,15)16/h2-7H,17H2,1H3. The van der Waals surface area contributed by atoms with Gasteiger partial charge in [0.05, 0.1) is 11.9 Å². The largest absolute Gasteiger partial charge is 0.573 e. The van der Waals surface area contributed by atoms with Gasteiger partial charge in [-0.1, -0.05) is 0 Å². The molecule has 0 unspecified atom stereocenters. The average molecular weight is 284 g/mol. The van der Waals surface area contributed by atoms with Crippen LogP contribution in [-0.4, -0.2) is 11.3 Å². The number of benzene rings is 1. The van der Waals surface area contributed by atoms with Crippen molar-refractivity contribution < 1.29 is 22.6 Å². The Morgan fingerprint density at radius 2 is 1.70 bits per heavy atom. The van der Waals surface area contributed by atoms with Crippen molar-refractivity contribution in [2.24, 2.45) is 0 Å². The normalized spacial score (nSPS) is 11.2. The van der Waals surface area contributed by atoms with Gasteiger partial charge in [0.25, 0.3) is 0 Å². The van der Waals surface area contributed by atoms with E-state index in [-0.39, 0.29) is 5.75 Å². The number of pyridine rings is 1. The van der Waals surface area contributed by atoms with E-state index in [1.165, 1.54) is 18.3 Å². The Morgan fingerprint density at radius 1 is 1.10 bits per heavy atom. The predicted molar refractivity (Wildman–Crippen MR) is 66.6 cm³/mol. The molecule has 0 saturated carbocycles. The fourth-order valence-corrected chi connectivity index (χ4v) is 1.51. The highest BCUT2D eigenvalue weighted by Gasteiger charge is 2.30. The number of aromatic nitrogens is 1. The van der Waals surface area contributed by atoms with Gasteiger partial charge in [-0.3, -0.25) is 0 Å². The van der Waals surface area contributed by atoms with Gasteiger partial charge in [-0.15, -0.1) is 13.2 Å². The fourth-order valence-electron chi connectivity index (χ4n) is 1.51. The summed E-state index contributed by atoms with van der Waals surface area (Å²) in [4.78, 5) is 4.00. The second kappa shape index (κ2) is 5.28. The van der Waals surface area contributed by atoms with Crippen molar-refractivity contribution in [3.63, 3.8) is 0 Å². The number of hydrogen-bond acceptors (Lipinski definition) is 4. The molecule has 0 aliphatic carbocycles. The lowest BCUT2D eigenvalue weighted by atomic mass is 10.3. The number of nitrogens with zero attached hydrogens (tertiary/aromatic N) is 1. The second-order valence-electron chi connectivity index (χ2n) is 4.01. The van der Waals surface area contributed by atoms with Crippen molar-refractivity contribution >= 4 is 5.69 Å². The Kier molecular flexibility index (Phi) is 3.69. The first-order valence-corrected chi connectivity index (χ1v) is 5.59. The summed E-state index contributed by atoms with van der Waals surface area (Å²) >= 11 is 0. The number of rotatable bonds is 3. The Labute approximate surface area is 113 Å². The summed E-state index contributed by atoms with van der Waals surface area (Å²) in [5.41, 5.74) is 6.78. The summed E-state index contributed by atoms with van der Waals surface area (Å²) in [5, 5.41) is 0. The van der Waals surface area contributed by atoms with E-state index < -0.39 is 6.36 Å². The number of nitrogen functional groups attached to an aromatic ring is 1. The van der Waals surface area contributed by atoms with Crippen LogP contribution in [0.25, 0.3) is 0 Å². The molecule has 2 N–H and O–H groups in total. The molecule has 4 nitrogen and oxygen atoms in total. The highest BCUT2D eigenvalue weighted by atomic mass is 19.4. The lowest BCUT2D eigenvalue weighted by Gasteiger charge is -2.10. The molecule has 0 bridgehead atoms. The Hall–Kier alpha value is -2.44. The maximum absolute atomic E-state index is 12.0. The molecule has 0 fully saturated rings. The summed E-state index contributed by atoms with van der Waals surface area (Å²) in [6.45, 7) is 1.76. The van der Waals surface area contributed by atoms with Crippen LogP contribution in [0, 0.1) is 6.92 Å². The highest BCUT2D eigenvalue weighted by molar-refractivity contribution is 5.43. The lowest BCUT2D eigenvalue weighted by molar-refractivity contribution is -0.274. The summed E-state index contributed by atoms with van der Waals surface area (Å²) in [6.07, 6.45) is -3.28. The van der Waals surface area contributed by atoms with Crippen LogP contribution in [0.2, 0.25) is 0 Å². The zero-order valence-corrected chi connectivity index (χ0v) is 10.4. The van der Waals surface area contributed by atoms with E-state index in [9.17, 15) is 13.2 Å². The van der Waals surface area contributed by atoms with Crippen molar-refractivity contribution in [3.8, 4) is 17.4 Å². The van der Waals surface area contributed by atoms with Crippen molar-refractivity contribution in [1.29, 1.82) is 0 Å². The third-order valence-electron chi connectivity index (χ3n) is 2.32. The number of hydrogen-bond donors (Lipinski definition) is 1. The number of anilines is 1. The molecule has 7 heteroatoms. The van der Waals surface area contributed by atoms with Gasteiger partial charge in [0.2, 0.25) is 5.88 Å². The molecule has 0 saturated heterocycles. The van der Waals surface area contributed by atoms with Crippen LogP contribution >= 0.6 is 0 Å². The number of halogens is 3. The minimum Gasteiger partial charge on any atom is -0.439 e. The van der Waals surface area contributed by atoms with Gasteiger partial charge in [-0.25, -0.2) is 4.98 Å². The first-order valence-electron chi connectivity index (χ1n) is 5.59. The van der Waals surface area contributed by atoms with Crippen molar-refractivity contribution in [2.75, 3.05) is 5.73 Å². The van der Waals surface area contributed by atoms with Crippen LogP contribution < -0.4 is 15.2 Å². The van der Waals surface area contributed by atoms with E-state index in [1.54, 1.807) is 13.0 Å². The van der Waals surface area contributed by atoms with Gasteiger partial charge in [0.15, 0.2) is 0 Å². The van der Waals surface area contributed by atoms with Crippen molar-refractivity contribution in [2.45, 2.75) is 13.3 Å². The van der Waals surface area contributed by atoms with Gasteiger partial charge in [0.1, 0.15) is 11.5 Å². The fraction of sp³-hybridized carbons (Fsp3) is 0.154. The number of alkyl halides is 3. The first kappa shape index (κ1) is 14.0. The van der Waals surface area contributed by atoms with Gasteiger partial charge in [0, 0.05) is 5.56 Å². The molecular weight excluding hydrogens is 273 g/mol. The number of ether oxygens (including phenoxy) is 2. The minimum absolute atomic E-state index is 0.313.